The number of nitrogens with zero attached hydrogens (tertiary/aromatic N) is 1. The molecule has 0 spiro atoms. The molecule has 1 saturated carbocycles. The third-order valence-corrected chi connectivity index (χ3v) is 6.67. The van der Waals surface area contributed by atoms with Crippen LogP contribution >= 0.6 is 11.6 Å². The van der Waals surface area contributed by atoms with Crippen molar-refractivity contribution in [3.8, 4) is 11.5 Å². The molecule has 2 aromatic rings. The molecule has 0 aromatic heterocycles. The summed E-state index contributed by atoms with van der Waals surface area (Å²) >= 11 is 5.95. The molecule has 1 aliphatic carbocycles. The Labute approximate surface area is 201 Å². The minimum absolute atomic E-state index is 0.120. The molecule has 2 aliphatic heterocycles. The molecule has 3 aliphatic rings. The zero-order valence-corrected chi connectivity index (χ0v) is 19.1. The van der Waals surface area contributed by atoms with Crippen LogP contribution in [-0.4, -0.2) is 47.7 Å². The van der Waals surface area contributed by atoms with Crippen molar-refractivity contribution in [2.24, 2.45) is 0 Å². The van der Waals surface area contributed by atoms with Crippen molar-refractivity contribution in [3.63, 3.8) is 0 Å². The molecule has 2 aromatic carbocycles. The highest BCUT2D eigenvalue weighted by molar-refractivity contribution is 6.30. The molecule has 4 amide bonds. The molecule has 2 fully saturated rings. The van der Waals surface area contributed by atoms with Crippen molar-refractivity contribution < 1.29 is 23.9 Å². The summed E-state index contributed by atoms with van der Waals surface area (Å²) in [5.41, 5.74) is 1.09. The van der Waals surface area contributed by atoms with E-state index in [0.29, 0.717) is 27.9 Å². The molecule has 10 heteroatoms. The predicted octanol–water partition coefficient (Wildman–Crippen LogP) is 3.74. The number of rotatable bonds is 4. The number of halogens is 1. The fraction of sp³-hybridized carbons (Fsp3) is 0.375. The van der Waals surface area contributed by atoms with Crippen molar-refractivity contribution in [2.75, 3.05) is 17.4 Å². The molecular weight excluding hydrogens is 460 g/mol. The fourth-order valence-electron chi connectivity index (χ4n) is 4.82. The molecule has 0 bridgehead atoms. The number of carbonyl (C=O) groups is 3. The normalized spacial score (nSPS) is 23.0. The number of nitrogens with one attached hydrogen (secondary N) is 3. The van der Waals surface area contributed by atoms with Gasteiger partial charge in [0.05, 0.1) is 12.5 Å². The zero-order valence-electron chi connectivity index (χ0n) is 18.4. The second-order valence-corrected chi connectivity index (χ2v) is 9.08. The van der Waals surface area contributed by atoms with Gasteiger partial charge in [0.15, 0.2) is 11.5 Å². The average molecular weight is 485 g/mol. The lowest BCUT2D eigenvalue weighted by molar-refractivity contribution is -0.135. The van der Waals surface area contributed by atoms with E-state index in [4.69, 9.17) is 21.1 Å². The van der Waals surface area contributed by atoms with Crippen molar-refractivity contribution in [1.82, 2.24) is 10.2 Å². The van der Waals surface area contributed by atoms with E-state index >= 15 is 0 Å². The first kappa shape index (κ1) is 22.3. The molecule has 3 atom stereocenters. The van der Waals surface area contributed by atoms with Gasteiger partial charge >= 0.3 is 6.03 Å². The lowest BCUT2D eigenvalue weighted by Gasteiger charge is -2.47. The summed E-state index contributed by atoms with van der Waals surface area (Å²) in [5.74, 6) is 0.452. The van der Waals surface area contributed by atoms with Crippen LogP contribution in [0.15, 0.2) is 42.5 Å². The number of benzene rings is 2. The van der Waals surface area contributed by atoms with Crippen molar-refractivity contribution >= 4 is 40.8 Å². The van der Waals surface area contributed by atoms with E-state index in [1.165, 1.54) is 0 Å². The standard InChI is InChI=1S/C24H25ClN4O5/c25-14-5-7-15(8-6-14)27-24(32)29-18-4-2-1-3-17(18)28-23(31)19(29)12-22(30)26-16-9-10-20-21(11-16)34-13-33-20/h5-11,17-19H,1-4,12-13H2,(H,26,30)(H,27,32)(H,28,31)/t17-,18+,19+/m0/s1. The maximum absolute atomic E-state index is 13.4. The molecule has 1 saturated heterocycles. The zero-order chi connectivity index (χ0) is 23.7. The van der Waals surface area contributed by atoms with Crippen molar-refractivity contribution in [1.29, 1.82) is 0 Å². The van der Waals surface area contributed by atoms with Gasteiger partial charge < -0.3 is 30.3 Å². The summed E-state index contributed by atoms with van der Waals surface area (Å²) in [5, 5.41) is 9.25. The third-order valence-electron chi connectivity index (χ3n) is 6.42. The molecular formula is C24H25ClN4O5. The van der Waals surface area contributed by atoms with E-state index in [1.54, 1.807) is 47.4 Å². The van der Waals surface area contributed by atoms with Gasteiger partial charge in [-0.05, 0) is 49.2 Å². The van der Waals surface area contributed by atoms with Crippen LogP contribution in [0.5, 0.6) is 11.5 Å². The lowest BCUT2D eigenvalue weighted by Crippen LogP contribution is -2.68. The summed E-state index contributed by atoms with van der Waals surface area (Å²) in [6.07, 6.45) is 3.34. The number of carbonyl (C=O) groups excluding carboxylic acids is 3. The highest BCUT2D eigenvalue weighted by Gasteiger charge is 2.46. The Kier molecular flexibility index (Phi) is 6.19. The second kappa shape index (κ2) is 9.42. The number of hydrogen-bond donors (Lipinski definition) is 3. The monoisotopic (exact) mass is 484 g/mol. The van der Waals surface area contributed by atoms with Crippen molar-refractivity contribution in [3.05, 3.63) is 47.5 Å². The number of fused-ring (bicyclic) bond motifs is 2. The predicted molar refractivity (Wildman–Crippen MR) is 126 cm³/mol. The Morgan fingerprint density at radius 3 is 2.56 bits per heavy atom. The van der Waals surface area contributed by atoms with Crippen LogP contribution in [0, 0.1) is 0 Å². The van der Waals surface area contributed by atoms with Gasteiger partial charge in [-0.3, -0.25) is 9.59 Å². The van der Waals surface area contributed by atoms with Crippen LogP contribution < -0.4 is 25.4 Å². The smallest absolute Gasteiger partial charge is 0.322 e. The van der Waals surface area contributed by atoms with Crippen LogP contribution in [0.3, 0.4) is 0 Å². The first-order valence-corrected chi connectivity index (χ1v) is 11.7. The van der Waals surface area contributed by atoms with E-state index < -0.39 is 12.1 Å². The van der Waals surface area contributed by atoms with Gasteiger partial charge in [0, 0.05) is 28.5 Å². The Hall–Kier alpha value is -3.46. The van der Waals surface area contributed by atoms with E-state index in [0.717, 1.165) is 25.7 Å². The topological polar surface area (TPSA) is 109 Å². The SMILES string of the molecule is O=C(C[C@@H]1C(=O)N[C@H]2CCCC[C@H]2N1C(=O)Nc1ccc(Cl)cc1)Nc1ccc2c(c1)OCO2. The maximum Gasteiger partial charge on any atom is 0.322 e. The highest BCUT2D eigenvalue weighted by Crippen LogP contribution is 2.35. The van der Waals surface area contributed by atoms with Gasteiger partial charge in [-0.15, -0.1) is 0 Å². The lowest BCUT2D eigenvalue weighted by atomic mass is 9.85. The summed E-state index contributed by atoms with van der Waals surface area (Å²) in [7, 11) is 0. The van der Waals surface area contributed by atoms with Crippen LogP contribution in [0.4, 0.5) is 16.2 Å². The largest absolute Gasteiger partial charge is 0.454 e. The first-order valence-electron chi connectivity index (χ1n) is 11.3. The molecule has 34 heavy (non-hydrogen) atoms. The minimum atomic E-state index is -0.930. The summed E-state index contributed by atoms with van der Waals surface area (Å²) in [6, 6.07) is 10.2. The average Bonchev–Trinajstić information content (AvgIpc) is 3.29. The quantitative estimate of drug-likeness (QED) is 0.612. The van der Waals surface area contributed by atoms with Gasteiger partial charge in [-0.25, -0.2) is 4.79 Å². The molecule has 9 nitrogen and oxygen atoms in total. The summed E-state index contributed by atoms with van der Waals surface area (Å²) in [6.45, 7) is 0.134. The van der Waals surface area contributed by atoms with E-state index in [2.05, 4.69) is 16.0 Å². The van der Waals surface area contributed by atoms with E-state index in [1.807, 2.05) is 0 Å². The summed E-state index contributed by atoms with van der Waals surface area (Å²) < 4.78 is 10.6. The van der Waals surface area contributed by atoms with Gasteiger partial charge in [0.2, 0.25) is 18.6 Å². The Morgan fingerprint density at radius 2 is 1.74 bits per heavy atom. The number of piperazine rings is 1. The number of urea groups is 1. The molecule has 0 unspecified atom stereocenters. The van der Waals surface area contributed by atoms with Crippen molar-refractivity contribution in [2.45, 2.75) is 50.2 Å². The van der Waals surface area contributed by atoms with Gasteiger partial charge in [0.25, 0.3) is 0 Å². The van der Waals surface area contributed by atoms with E-state index in [-0.39, 0.29) is 37.1 Å². The maximum atomic E-state index is 13.4. The number of ether oxygens (including phenoxy) is 2. The summed E-state index contributed by atoms with van der Waals surface area (Å²) in [4.78, 5) is 40.9. The van der Waals surface area contributed by atoms with Gasteiger partial charge in [-0.1, -0.05) is 24.4 Å². The Bertz CT molecular complexity index is 1110. The molecule has 2 heterocycles. The van der Waals surface area contributed by atoms with Crippen LogP contribution in [0.1, 0.15) is 32.1 Å². The Balaban J connectivity index is 1.34. The molecule has 5 rings (SSSR count). The van der Waals surface area contributed by atoms with Crippen LogP contribution in [0.2, 0.25) is 5.02 Å². The van der Waals surface area contributed by atoms with E-state index in [9.17, 15) is 14.4 Å². The van der Waals surface area contributed by atoms with Crippen LogP contribution in [-0.2, 0) is 9.59 Å². The number of anilines is 2. The second-order valence-electron chi connectivity index (χ2n) is 8.65. The first-order chi connectivity index (χ1) is 16.5. The highest BCUT2D eigenvalue weighted by atomic mass is 35.5. The molecule has 178 valence electrons. The third kappa shape index (κ3) is 4.61. The number of amides is 4. The van der Waals surface area contributed by atoms with Gasteiger partial charge in [0.1, 0.15) is 6.04 Å². The fourth-order valence-corrected chi connectivity index (χ4v) is 4.94. The Morgan fingerprint density at radius 1 is 1.00 bits per heavy atom. The molecule has 3 N–H and O–H groups in total. The molecule has 0 radical (unpaired) electrons. The van der Waals surface area contributed by atoms with Crippen LogP contribution in [0.25, 0.3) is 0 Å². The number of hydrogen-bond acceptors (Lipinski definition) is 5. The minimum Gasteiger partial charge on any atom is -0.454 e. The van der Waals surface area contributed by atoms with Gasteiger partial charge in [-0.2, -0.15) is 0 Å².